The number of fused-ring (bicyclic) bond motifs is 1. The molecule has 0 unspecified atom stereocenters. The van der Waals surface area contributed by atoms with Crippen LogP contribution < -0.4 is 4.74 Å². The van der Waals surface area contributed by atoms with Gasteiger partial charge >= 0.3 is 0 Å². The van der Waals surface area contributed by atoms with E-state index in [1.807, 2.05) is 22.9 Å². The molecule has 0 saturated carbocycles. The maximum absolute atomic E-state index is 9.26. The Morgan fingerprint density at radius 2 is 2.38 bits per heavy atom. The molecular formula is C10H14N2O3S. The number of aliphatic hydroxyl groups is 1. The number of thiazole rings is 1. The lowest BCUT2D eigenvalue weighted by Crippen LogP contribution is -2.07. The van der Waals surface area contributed by atoms with E-state index in [4.69, 9.17) is 9.47 Å². The molecular weight excluding hydrogens is 228 g/mol. The van der Waals surface area contributed by atoms with E-state index in [0.717, 1.165) is 4.96 Å². The molecule has 0 amide bonds. The van der Waals surface area contributed by atoms with E-state index in [9.17, 15) is 5.11 Å². The number of rotatable bonds is 6. The molecule has 1 N–H and O–H groups in total. The number of hydrogen-bond acceptors (Lipinski definition) is 5. The van der Waals surface area contributed by atoms with Crippen LogP contribution in [0.4, 0.5) is 0 Å². The minimum atomic E-state index is -0.0815. The zero-order valence-corrected chi connectivity index (χ0v) is 9.87. The molecule has 0 aliphatic heterocycles. The Morgan fingerprint density at radius 1 is 1.50 bits per heavy atom. The third-order valence-electron chi connectivity index (χ3n) is 2.14. The second-order valence-electron chi connectivity index (χ2n) is 3.12. The van der Waals surface area contributed by atoms with E-state index in [-0.39, 0.29) is 6.61 Å². The van der Waals surface area contributed by atoms with Gasteiger partial charge in [0.05, 0.1) is 13.2 Å². The van der Waals surface area contributed by atoms with E-state index in [0.29, 0.717) is 31.4 Å². The average molecular weight is 242 g/mol. The van der Waals surface area contributed by atoms with Crippen LogP contribution in [-0.2, 0) is 11.3 Å². The molecule has 5 nitrogen and oxygen atoms in total. The molecule has 88 valence electrons. The van der Waals surface area contributed by atoms with Crippen LogP contribution >= 0.6 is 11.3 Å². The van der Waals surface area contributed by atoms with Gasteiger partial charge in [-0.25, -0.2) is 0 Å². The second kappa shape index (κ2) is 5.29. The van der Waals surface area contributed by atoms with Crippen LogP contribution in [-0.4, -0.2) is 34.3 Å². The monoisotopic (exact) mass is 242 g/mol. The maximum Gasteiger partial charge on any atom is 0.239 e. The van der Waals surface area contributed by atoms with Gasteiger partial charge in [0.2, 0.25) is 5.88 Å². The number of aliphatic hydroxyl groups excluding tert-OH is 1. The SMILES string of the molecule is CCOCCOc1nc2sccn2c1CO. The van der Waals surface area contributed by atoms with Crippen molar-refractivity contribution in [3.63, 3.8) is 0 Å². The van der Waals surface area contributed by atoms with Crippen molar-refractivity contribution in [2.45, 2.75) is 13.5 Å². The molecule has 0 aliphatic carbocycles. The van der Waals surface area contributed by atoms with E-state index in [2.05, 4.69) is 4.98 Å². The summed E-state index contributed by atoms with van der Waals surface area (Å²) in [7, 11) is 0. The topological polar surface area (TPSA) is 56.0 Å². The highest BCUT2D eigenvalue weighted by Crippen LogP contribution is 2.23. The Labute approximate surface area is 97.3 Å². The van der Waals surface area contributed by atoms with Gasteiger partial charge in [-0.1, -0.05) is 0 Å². The molecule has 0 aliphatic rings. The Hall–Kier alpha value is -1.11. The van der Waals surface area contributed by atoms with Gasteiger partial charge in [0, 0.05) is 18.2 Å². The van der Waals surface area contributed by atoms with Gasteiger partial charge in [0.25, 0.3) is 0 Å². The number of hydrogen-bond donors (Lipinski definition) is 1. The lowest BCUT2D eigenvalue weighted by Gasteiger charge is -2.04. The highest BCUT2D eigenvalue weighted by Gasteiger charge is 2.12. The number of ether oxygens (including phenoxy) is 2. The molecule has 0 spiro atoms. The highest BCUT2D eigenvalue weighted by molar-refractivity contribution is 7.15. The van der Waals surface area contributed by atoms with E-state index in [1.54, 1.807) is 0 Å². The van der Waals surface area contributed by atoms with Crippen molar-refractivity contribution in [1.29, 1.82) is 0 Å². The van der Waals surface area contributed by atoms with Crippen LogP contribution in [0.2, 0.25) is 0 Å². The normalized spacial score (nSPS) is 11.1. The van der Waals surface area contributed by atoms with Crippen LogP contribution in [0.15, 0.2) is 11.6 Å². The molecule has 2 heterocycles. The predicted octanol–water partition coefficient (Wildman–Crippen LogP) is 1.30. The van der Waals surface area contributed by atoms with Crippen molar-refractivity contribution >= 4 is 16.3 Å². The van der Waals surface area contributed by atoms with Gasteiger partial charge in [0.15, 0.2) is 4.96 Å². The van der Waals surface area contributed by atoms with Gasteiger partial charge in [-0.3, -0.25) is 4.40 Å². The average Bonchev–Trinajstić information content (AvgIpc) is 2.84. The summed E-state index contributed by atoms with van der Waals surface area (Å²) in [5.74, 6) is 0.494. The minimum absolute atomic E-state index is 0.0815. The zero-order valence-electron chi connectivity index (χ0n) is 9.05. The number of aromatic nitrogens is 2. The van der Waals surface area contributed by atoms with Crippen LogP contribution in [0, 0.1) is 0 Å². The molecule has 0 radical (unpaired) electrons. The van der Waals surface area contributed by atoms with Crippen molar-refractivity contribution in [3.05, 3.63) is 17.3 Å². The van der Waals surface area contributed by atoms with E-state index in [1.165, 1.54) is 11.3 Å². The first-order chi connectivity index (χ1) is 7.86. The summed E-state index contributed by atoms with van der Waals surface area (Å²) in [6.45, 7) is 3.51. The fourth-order valence-electron chi connectivity index (χ4n) is 1.41. The summed E-state index contributed by atoms with van der Waals surface area (Å²) < 4.78 is 12.5. The molecule has 0 aromatic carbocycles. The van der Waals surface area contributed by atoms with Crippen LogP contribution in [0.25, 0.3) is 4.96 Å². The molecule has 0 saturated heterocycles. The van der Waals surface area contributed by atoms with Gasteiger partial charge in [-0.2, -0.15) is 4.98 Å². The van der Waals surface area contributed by atoms with E-state index < -0.39 is 0 Å². The zero-order chi connectivity index (χ0) is 11.4. The van der Waals surface area contributed by atoms with Gasteiger partial charge < -0.3 is 14.6 Å². The summed E-state index contributed by atoms with van der Waals surface area (Å²) >= 11 is 1.51. The Kier molecular flexibility index (Phi) is 3.76. The van der Waals surface area contributed by atoms with Crippen molar-refractivity contribution in [3.8, 4) is 5.88 Å². The van der Waals surface area contributed by atoms with Gasteiger partial charge in [-0.15, -0.1) is 11.3 Å². The fraction of sp³-hybridized carbons (Fsp3) is 0.500. The van der Waals surface area contributed by atoms with Crippen molar-refractivity contribution < 1.29 is 14.6 Å². The Balaban J connectivity index is 2.07. The fourth-order valence-corrected chi connectivity index (χ4v) is 2.14. The summed E-state index contributed by atoms with van der Waals surface area (Å²) in [6.07, 6.45) is 1.87. The molecule has 6 heteroatoms. The standard InChI is InChI=1S/C10H14N2O3S/c1-2-14-4-5-15-9-8(7-13)12-3-6-16-10(12)11-9/h3,6,13H,2,4-5,7H2,1H3. The first-order valence-corrected chi connectivity index (χ1v) is 6.00. The Bertz CT molecular complexity index is 452. The van der Waals surface area contributed by atoms with E-state index >= 15 is 0 Å². The Morgan fingerprint density at radius 3 is 3.12 bits per heavy atom. The second-order valence-corrected chi connectivity index (χ2v) is 4.00. The summed E-state index contributed by atoms with van der Waals surface area (Å²) in [5.41, 5.74) is 0.688. The van der Waals surface area contributed by atoms with Crippen LogP contribution in [0.3, 0.4) is 0 Å². The lowest BCUT2D eigenvalue weighted by molar-refractivity contribution is 0.107. The number of nitrogens with zero attached hydrogens (tertiary/aromatic N) is 2. The van der Waals surface area contributed by atoms with Crippen LogP contribution in [0.1, 0.15) is 12.6 Å². The largest absolute Gasteiger partial charge is 0.474 e. The van der Waals surface area contributed by atoms with Gasteiger partial charge in [0.1, 0.15) is 12.3 Å². The molecule has 0 fully saturated rings. The quantitative estimate of drug-likeness (QED) is 0.776. The van der Waals surface area contributed by atoms with Gasteiger partial charge in [-0.05, 0) is 6.92 Å². The first-order valence-electron chi connectivity index (χ1n) is 5.12. The molecule has 0 atom stereocenters. The van der Waals surface area contributed by atoms with Crippen molar-refractivity contribution in [2.24, 2.45) is 0 Å². The summed E-state index contributed by atoms with van der Waals surface area (Å²) in [4.78, 5) is 5.11. The molecule has 0 bridgehead atoms. The molecule has 2 aromatic heterocycles. The smallest absolute Gasteiger partial charge is 0.239 e. The first kappa shape index (κ1) is 11.4. The molecule has 2 aromatic rings. The molecule has 16 heavy (non-hydrogen) atoms. The summed E-state index contributed by atoms with van der Waals surface area (Å²) in [5, 5.41) is 11.2. The third-order valence-corrected chi connectivity index (χ3v) is 2.90. The predicted molar refractivity (Wildman–Crippen MR) is 61.0 cm³/mol. The lowest BCUT2D eigenvalue weighted by atomic mass is 10.5. The molecule has 2 rings (SSSR count). The van der Waals surface area contributed by atoms with Crippen molar-refractivity contribution in [2.75, 3.05) is 19.8 Å². The minimum Gasteiger partial charge on any atom is -0.474 e. The third kappa shape index (κ3) is 2.18. The van der Waals surface area contributed by atoms with Crippen LogP contribution in [0.5, 0.6) is 5.88 Å². The highest BCUT2D eigenvalue weighted by atomic mass is 32.1. The maximum atomic E-state index is 9.26. The van der Waals surface area contributed by atoms with Crippen molar-refractivity contribution in [1.82, 2.24) is 9.38 Å². The summed E-state index contributed by atoms with van der Waals surface area (Å²) in [6, 6.07) is 0. The number of imidazole rings is 1.